The molecule has 0 aliphatic carbocycles. The molecule has 4 nitrogen and oxygen atoms in total. The highest BCUT2D eigenvalue weighted by Gasteiger charge is 2.23. The monoisotopic (exact) mass is 249 g/mol. The van der Waals surface area contributed by atoms with Gasteiger partial charge in [0.2, 0.25) is 0 Å². The molecule has 0 unspecified atom stereocenters. The van der Waals surface area contributed by atoms with Crippen molar-refractivity contribution in [1.29, 1.82) is 0 Å². The quantitative estimate of drug-likeness (QED) is 0.842. The molecule has 86 valence electrons. The van der Waals surface area contributed by atoms with Gasteiger partial charge in [0, 0.05) is 23.7 Å². The van der Waals surface area contributed by atoms with E-state index in [2.05, 4.69) is 9.88 Å². The number of aromatic nitrogens is 1. The van der Waals surface area contributed by atoms with Gasteiger partial charge in [-0.1, -0.05) is 0 Å². The van der Waals surface area contributed by atoms with E-state index in [-0.39, 0.29) is 19.0 Å². The Morgan fingerprint density at radius 3 is 3.07 bits per heavy atom. The van der Waals surface area contributed by atoms with E-state index >= 15 is 0 Å². The van der Waals surface area contributed by atoms with Crippen molar-refractivity contribution in [2.75, 3.05) is 18.9 Å². The van der Waals surface area contributed by atoms with Crippen LogP contribution in [-0.4, -0.2) is 34.2 Å². The summed E-state index contributed by atoms with van der Waals surface area (Å²) in [5.74, 6) is 0. The van der Waals surface area contributed by atoms with Crippen LogP contribution < -0.4 is 5.73 Å². The number of nitrogens with zero attached hydrogens (tertiary/aromatic N) is 2. The first-order valence-electron chi connectivity index (χ1n) is 4.84. The molecule has 0 amide bonds. The van der Waals surface area contributed by atoms with Gasteiger partial charge in [0.1, 0.15) is 0 Å². The fourth-order valence-electron chi connectivity index (χ4n) is 1.91. The maximum atomic E-state index is 9.14. The molecule has 0 aromatic carbocycles. The summed E-state index contributed by atoms with van der Waals surface area (Å²) in [7, 11) is 0. The van der Waals surface area contributed by atoms with E-state index in [1.807, 2.05) is 6.20 Å². The Hall–Kier alpha value is -0.360. The summed E-state index contributed by atoms with van der Waals surface area (Å²) in [4.78, 5) is 7.50. The third-order valence-corrected chi connectivity index (χ3v) is 3.45. The second-order valence-electron chi connectivity index (χ2n) is 3.61. The summed E-state index contributed by atoms with van der Waals surface area (Å²) in [5, 5.41) is 9.77. The summed E-state index contributed by atoms with van der Waals surface area (Å²) < 4.78 is 0. The van der Waals surface area contributed by atoms with E-state index < -0.39 is 0 Å². The Kier molecular flexibility index (Phi) is 4.79. The van der Waals surface area contributed by atoms with Gasteiger partial charge in [-0.3, -0.25) is 4.90 Å². The molecule has 2 rings (SSSR count). The molecule has 0 bridgehead atoms. The maximum Gasteiger partial charge on any atom is 0.180 e. The van der Waals surface area contributed by atoms with Crippen molar-refractivity contribution in [3.63, 3.8) is 0 Å². The van der Waals surface area contributed by atoms with Crippen LogP contribution in [0.3, 0.4) is 0 Å². The minimum Gasteiger partial charge on any atom is -0.395 e. The fourth-order valence-corrected chi connectivity index (χ4v) is 2.62. The standard InChI is InChI=1S/C9H15N3OS.ClH/c10-9-11-4-8(14-9)5-12-3-1-2-7(12)6-13;/h4,7,13H,1-3,5-6H2,(H2,10,11);1H/t7-;/m1./s1. The van der Waals surface area contributed by atoms with Gasteiger partial charge in [0.15, 0.2) is 5.13 Å². The number of anilines is 1. The predicted octanol–water partition coefficient (Wildman–Crippen LogP) is 1.10. The second-order valence-corrected chi connectivity index (χ2v) is 4.76. The molecule has 1 aliphatic heterocycles. The minimum atomic E-state index is 0. The molecular weight excluding hydrogens is 234 g/mol. The molecule has 0 spiro atoms. The molecule has 0 radical (unpaired) electrons. The van der Waals surface area contributed by atoms with Crippen molar-refractivity contribution in [1.82, 2.24) is 9.88 Å². The number of thiazole rings is 1. The van der Waals surface area contributed by atoms with Crippen LogP contribution in [0.4, 0.5) is 5.13 Å². The van der Waals surface area contributed by atoms with E-state index in [9.17, 15) is 0 Å². The van der Waals surface area contributed by atoms with E-state index in [0.717, 1.165) is 19.5 Å². The molecule has 2 heterocycles. The van der Waals surface area contributed by atoms with Crippen molar-refractivity contribution in [2.45, 2.75) is 25.4 Å². The zero-order valence-corrected chi connectivity index (χ0v) is 10.1. The molecule has 0 saturated carbocycles. The Morgan fingerprint density at radius 2 is 2.47 bits per heavy atom. The first-order chi connectivity index (χ1) is 6.79. The van der Waals surface area contributed by atoms with Crippen LogP contribution in [0.2, 0.25) is 0 Å². The largest absolute Gasteiger partial charge is 0.395 e. The lowest BCUT2D eigenvalue weighted by molar-refractivity contribution is 0.154. The topological polar surface area (TPSA) is 62.4 Å². The molecule has 1 fully saturated rings. The SMILES string of the molecule is Cl.Nc1ncc(CN2CCC[C@@H]2CO)s1. The first kappa shape index (κ1) is 12.7. The highest BCUT2D eigenvalue weighted by molar-refractivity contribution is 7.15. The van der Waals surface area contributed by atoms with E-state index in [1.165, 1.54) is 22.6 Å². The van der Waals surface area contributed by atoms with Crippen molar-refractivity contribution in [2.24, 2.45) is 0 Å². The molecule has 3 N–H and O–H groups in total. The van der Waals surface area contributed by atoms with Crippen molar-refractivity contribution < 1.29 is 5.11 Å². The number of nitrogens with two attached hydrogens (primary N) is 1. The molecule has 1 aromatic heterocycles. The van der Waals surface area contributed by atoms with Gasteiger partial charge < -0.3 is 10.8 Å². The third-order valence-electron chi connectivity index (χ3n) is 2.64. The van der Waals surface area contributed by atoms with Crippen LogP contribution in [-0.2, 0) is 6.54 Å². The zero-order valence-electron chi connectivity index (χ0n) is 8.43. The Bertz CT molecular complexity index is 307. The molecule has 1 aliphatic rings. The number of nitrogen functional groups attached to an aromatic ring is 1. The number of hydrogen-bond donors (Lipinski definition) is 2. The first-order valence-corrected chi connectivity index (χ1v) is 5.66. The van der Waals surface area contributed by atoms with Crippen LogP contribution in [0.1, 0.15) is 17.7 Å². The number of halogens is 1. The number of aliphatic hydroxyl groups is 1. The normalized spacial score (nSPS) is 21.5. The predicted molar refractivity (Wildman–Crippen MR) is 64.3 cm³/mol. The lowest BCUT2D eigenvalue weighted by atomic mass is 10.2. The number of aliphatic hydroxyl groups excluding tert-OH is 1. The summed E-state index contributed by atoms with van der Waals surface area (Å²) in [6.45, 7) is 2.21. The summed E-state index contributed by atoms with van der Waals surface area (Å²) >= 11 is 1.53. The average molecular weight is 250 g/mol. The van der Waals surface area contributed by atoms with E-state index in [1.54, 1.807) is 0 Å². The Morgan fingerprint density at radius 1 is 1.67 bits per heavy atom. The molecule has 1 aromatic rings. The number of likely N-dealkylation sites (tertiary alicyclic amines) is 1. The average Bonchev–Trinajstić information content (AvgIpc) is 2.76. The fraction of sp³-hybridized carbons (Fsp3) is 0.667. The highest BCUT2D eigenvalue weighted by Crippen LogP contribution is 2.22. The third kappa shape index (κ3) is 3.04. The maximum absolute atomic E-state index is 9.14. The highest BCUT2D eigenvalue weighted by atomic mass is 35.5. The minimum absolute atomic E-state index is 0. The van der Waals surface area contributed by atoms with Crippen LogP contribution in [0.25, 0.3) is 0 Å². The summed E-state index contributed by atoms with van der Waals surface area (Å²) in [5.41, 5.74) is 5.56. The van der Waals surface area contributed by atoms with Crippen molar-refractivity contribution in [3.05, 3.63) is 11.1 Å². The van der Waals surface area contributed by atoms with Gasteiger partial charge in [-0.2, -0.15) is 0 Å². The number of rotatable bonds is 3. The lowest BCUT2D eigenvalue weighted by Crippen LogP contribution is -2.31. The van der Waals surface area contributed by atoms with E-state index in [0.29, 0.717) is 11.2 Å². The van der Waals surface area contributed by atoms with Crippen LogP contribution in [0.5, 0.6) is 0 Å². The lowest BCUT2D eigenvalue weighted by Gasteiger charge is -2.21. The number of hydrogen-bond acceptors (Lipinski definition) is 5. The smallest absolute Gasteiger partial charge is 0.180 e. The molecule has 1 saturated heterocycles. The summed E-state index contributed by atoms with van der Waals surface area (Å²) in [6, 6.07) is 0.332. The summed E-state index contributed by atoms with van der Waals surface area (Å²) in [6.07, 6.45) is 4.11. The van der Waals surface area contributed by atoms with Crippen molar-refractivity contribution >= 4 is 28.9 Å². The second kappa shape index (κ2) is 5.65. The Labute approximate surface area is 99.5 Å². The van der Waals surface area contributed by atoms with Gasteiger partial charge in [-0.05, 0) is 19.4 Å². The van der Waals surface area contributed by atoms with Crippen LogP contribution in [0, 0.1) is 0 Å². The van der Waals surface area contributed by atoms with Crippen LogP contribution in [0.15, 0.2) is 6.20 Å². The molecule has 15 heavy (non-hydrogen) atoms. The Balaban J connectivity index is 0.00000112. The molecular formula is C9H16ClN3OS. The van der Waals surface area contributed by atoms with E-state index in [4.69, 9.17) is 10.8 Å². The van der Waals surface area contributed by atoms with Gasteiger partial charge >= 0.3 is 0 Å². The van der Waals surface area contributed by atoms with Gasteiger partial charge in [0.25, 0.3) is 0 Å². The molecule has 6 heteroatoms. The van der Waals surface area contributed by atoms with Crippen molar-refractivity contribution in [3.8, 4) is 0 Å². The van der Waals surface area contributed by atoms with Gasteiger partial charge in [-0.15, -0.1) is 23.7 Å². The zero-order chi connectivity index (χ0) is 9.97. The van der Waals surface area contributed by atoms with Crippen LogP contribution >= 0.6 is 23.7 Å². The van der Waals surface area contributed by atoms with Gasteiger partial charge in [-0.25, -0.2) is 4.98 Å². The molecule has 1 atom stereocenters. The van der Waals surface area contributed by atoms with Gasteiger partial charge in [0.05, 0.1) is 6.61 Å².